The minimum Gasteiger partial charge on any atom is -0.481 e. The zero-order chi connectivity index (χ0) is 21.7. The Morgan fingerprint density at radius 2 is 2.07 bits per heavy atom. The smallest absolute Gasteiger partial charge is 0.307 e. The molecule has 0 atom stereocenters. The lowest BCUT2D eigenvalue weighted by atomic mass is 10.1. The first kappa shape index (κ1) is 21.7. The number of anilines is 2. The van der Waals surface area contributed by atoms with Crippen molar-refractivity contribution < 1.29 is 19.4 Å². The van der Waals surface area contributed by atoms with Crippen LogP contribution in [0.15, 0.2) is 24.3 Å². The van der Waals surface area contributed by atoms with E-state index in [0.29, 0.717) is 55.8 Å². The number of rotatable bonds is 10. The molecule has 0 radical (unpaired) electrons. The molecule has 1 aliphatic rings. The molecule has 0 bridgehead atoms. The molecule has 160 valence electrons. The number of ether oxygens (including phenoxy) is 1. The first-order valence-electron chi connectivity index (χ1n) is 9.81. The fourth-order valence-corrected chi connectivity index (χ4v) is 3.59. The number of carboxylic acids is 1. The molecular formula is C21H27N5O4. The van der Waals surface area contributed by atoms with E-state index in [9.17, 15) is 9.59 Å². The summed E-state index contributed by atoms with van der Waals surface area (Å²) in [6.45, 7) is 4.69. The Labute approximate surface area is 175 Å². The maximum atomic E-state index is 12.5. The fraction of sp³-hybridized carbons (Fsp3) is 0.429. The number of nitrogens with zero attached hydrogens (tertiary/aromatic N) is 4. The molecule has 1 amide bonds. The number of aryl methyl sites for hydroxylation is 1. The summed E-state index contributed by atoms with van der Waals surface area (Å²) in [4.78, 5) is 35.9. The van der Waals surface area contributed by atoms with Crippen molar-refractivity contribution in [3.8, 4) is 0 Å². The van der Waals surface area contributed by atoms with E-state index >= 15 is 0 Å². The van der Waals surface area contributed by atoms with Gasteiger partial charge in [-0.2, -0.15) is 0 Å². The molecule has 1 aromatic heterocycles. The van der Waals surface area contributed by atoms with Gasteiger partial charge in [0.25, 0.3) is 0 Å². The standard InChI is InChI=1S/C21H27N5O4/c1-14-23-20(22)17-12-18(27)26(21(17)24-14)7-6-25(8-9-30-2)13-16-5-3-4-15(10-16)11-19(28)29/h3-5,10H,6-9,11-13H2,1-2H3,(H,28,29)(H2,22,23,24). The first-order chi connectivity index (χ1) is 14.4. The predicted octanol–water partition coefficient (Wildman–Crippen LogP) is 1.03. The highest BCUT2D eigenvalue weighted by Gasteiger charge is 2.31. The van der Waals surface area contributed by atoms with Crippen molar-refractivity contribution in [2.75, 3.05) is 44.0 Å². The van der Waals surface area contributed by atoms with E-state index in [0.717, 1.165) is 11.1 Å². The second-order valence-electron chi connectivity index (χ2n) is 7.34. The van der Waals surface area contributed by atoms with Crippen molar-refractivity contribution >= 4 is 23.5 Å². The molecule has 2 aromatic rings. The van der Waals surface area contributed by atoms with E-state index < -0.39 is 5.97 Å². The van der Waals surface area contributed by atoms with Crippen LogP contribution in [0, 0.1) is 6.92 Å². The number of methoxy groups -OCH3 is 1. The molecule has 1 aromatic carbocycles. The minimum absolute atomic E-state index is 0.00848. The van der Waals surface area contributed by atoms with Gasteiger partial charge >= 0.3 is 5.97 Å². The van der Waals surface area contributed by atoms with Crippen LogP contribution in [0.4, 0.5) is 11.6 Å². The van der Waals surface area contributed by atoms with Crippen molar-refractivity contribution in [3.05, 3.63) is 46.8 Å². The Hall–Kier alpha value is -3.04. The quantitative estimate of drug-likeness (QED) is 0.592. The lowest BCUT2D eigenvalue weighted by molar-refractivity contribution is -0.136. The first-order valence-corrected chi connectivity index (χ1v) is 9.81. The second-order valence-corrected chi connectivity index (χ2v) is 7.34. The minimum atomic E-state index is -0.855. The number of carboxylic acid groups (broad SMARTS) is 1. The molecule has 9 nitrogen and oxygen atoms in total. The lowest BCUT2D eigenvalue weighted by Crippen LogP contribution is -2.38. The molecule has 9 heteroatoms. The van der Waals surface area contributed by atoms with Gasteiger partial charge in [0.05, 0.1) is 19.4 Å². The van der Waals surface area contributed by atoms with Crippen LogP contribution in [0.25, 0.3) is 0 Å². The lowest BCUT2D eigenvalue weighted by Gasteiger charge is -2.25. The number of aliphatic carboxylic acids is 1. The third-order valence-electron chi connectivity index (χ3n) is 5.02. The molecule has 3 rings (SSSR count). The zero-order valence-corrected chi connectivity index (χ0v) is 17.3. The highest BCUT2D eigenvalue weighted by molar-refractivity contribution is 6.01. The molecule has 0 aliphatic carbocycles. The highest BCUT2D eigenvalue weighted by Crippen LogP contribution is 2.30. The van der Waals surface area contributed by atoms with Crippen LogP contribution in [0.3, 0.4) is 0 Å². The number of fused-ring (bicyclic) bond motifs is 1. The molecule has 0 saturated heterocycles. The SMILES string of the molecule is COCCN(CCN1C(=O)Cc2c(N)nc(C)nc21)Cc1cccc(CC(=O)O)c1. The number of carbonyl (C=O) groups is 2. The highest BCUT2D eigenvalue weighted by atomic mass is 16.5. The fourth-order valence-electron chi connectivity index (χ4n) is 3.59. The number of nitrogen functional groups attached to an aromatic ring is 1. The normalized spacial score (nSPS) is 13.2. The van der Waals surface area contributed by atoms with E-state index in [1.54, 1.807) is 18.9 Å². The number of nitrogens with two attached hydrogens (primary N) is 1. The monoisotopic (exact) mass is 413 g/mol. The Morgan fingerprint density at radius 1 is 1.30 bits per heavy atom. The van der Waals surface area contributed by atoms with E-state index in [2.05, 4.69) is 14.9 Å². The Kier molecular flexibility index (Phi) is 6.96. The van der Waals surface area contributed by atoms with Gasteiger partial charge in [0.1, 0.15) is 17.5 Å². The van der Waals surface area contributed by atoms with Crippen LogP contribution in [-0.2, 0) is 33.7 Å². The van der Waals surface area contributed by atoms with E-state index in [4.69, 9.17) is 15.6 Å². The third kappa shape index (κ3) is 5.31. The molecular weight excluding hydrogens is 386 g/mol. The van der Waals surface area contributed by atoms with Gasteiger partial charge in [0.2, 0.25) is 5.91 Å². The predicted molar refractivity (Wildman–Crippen MR) is 112 cm³/mol. The Balaban J connectivity index is 1.71. The molecule has 0 unspecified atom stereocenters. The number of hydrogen-bond donors (Lipinski definition) is 2. The van der Waals surface area contributed by atoms with Gasteiger partial charge in [-0.05, 0) is 18.1 Å². The van der Waals surface area contributed by atoms with Crippen molar-refractivity contribution in [1.29, 1.82) is 0 Å². The summed E-state index contributed by atoms with van der Waals surface area (Å²) in [7, 11) is 1.65. The topological polar surface area (TPSA) is 122 Å². The van der Waals surface area contributed by atoms with E-state index in [1.165, 1.54) is 0 Å². The van der Waals surface area contributed by atoms with Crippen molar-refractivity contribution in [1.82, 2.24) is 14.9 Å². The third-order valence-corrected chi connectivity index (χ3v) is 5.02. The Bertz CT molecular complexity index is 934. The molecule has 0 spiro atoms. The average molecular weight is 413 g/mol. The number of hydrogen-bond acceptors (Lipinski definition) is 7. The van der Waals surface area contributed by atoms with Gasteiger partial charge in [-0.1, -0.05) is 24.3 Å². The van der Waals surface area contributed by atoms with Gasteiger partial charge in [-0.3, -0.25) is 19.4 Å². The van der Waals surface area contributed by atoms with Crippen molar-refractivity contribution in [2.45, 2.75) is 26.3 Å². The van der Waals surface area contributed by atoms with Crippen LogP contribution in [0.2, 0.25) is 0 Å². The molecule has 1 aliphatic heterocycles. The summed E-state index contributed by atoms with van der Waals surface area (Å²) in [6, 6.07) is 7.55. The number of amides is 1. The Morgan fingerprint density at radius 3 is 2.80 bits per heavy atom. The van der Waals surface area contributed by atoms with Crippen LogP contribution < -0.4 is 10.6 Å². The molecule has 3 N–H and O–H groups in total. The largest absolute Gasteiger partial charge is 0.481 e. The average Bonchev–Trinajstić information content (AvgIpc) is 2.99. The number of benzene rings is 1. The summed E-state index contributed by atoms with van der Waals surface area (Å²) in [6.07, 6.45) is 0.211. The van der Waals surface area contributed by atoms with Gasteiger partial charge in [0.15, 0.2) is 0 Å². The summed E-state index contributed by atoms with van der Waals surface area (Å²) in [5.74, 6) is 0.607. The van der Waals surface area contributed by atoms with Crippen molar-refractivity contribution in [2.24, 2.45) is 0 Å². The maximum Gasteiger partial charge on any atom is 0.307 e. The molecule has 30 heavy (non-hydrogen) atoms. The van der Waals surface area contributed by atoms with Gasteiger partial charge in [-0.25, -0.2) is 9.97 Å². The molecule has 0 saturated carbocycles. The summed E-state index contributed by atoms with van der Waals surface area (Å²) in [5.41, 5.74) is 8.44. The second kappa shape index (κ2) is 9.64. The van der Waals surface area contributed by atoms with Crippen LogP contribution in [0.5, 0.6) is 0 Å². The molecule has 0 fully saturated rings. The van der Waals surface area contributed by atoms with Gasteiger partial charge in [0, 0.05) is 38.9 Å². The summed E-state index contributed by atoms with van der Waals surface area (Å²) in [5, 5.41) is 9.02. The number of carbonyl (C=O) groups excluding carboxylic acids is 1. The summed E-state index contributed by atoms with van der Waals surface area (Å²) < 4.78 is 5.23. The molecule has 2 heterocycles. The maximum absolute atomic E-state index is 12.5. The van der Waals surface area contributed by atoms with Crippen LogP contribution >= 0.6 is 0 Å². The van der Waals surface area contributed by atoms with Crippen LogP contribution in [-0.4, -0.2) is 65.2 Å². The van der Waals surface area contributed by atoms with Crippen LogP contribution in [0.1, 0.15) is 22.5 Å². The zero-order valence-electron chi connectivity index (χ0n) is 17.3. The summed E-state index contributed by atoms with van der Waals surface area (Å²) >= 11 is 0. The van der Waals surface area contributed by atoms with Gasteiger partial charge in [-0.15, -0.1) is 0 Å². The number of aromatic nitrogens is 2. The van der Waals surface area contributed by atoms with E-state index in [1.807, 2.05) is 24.3 Å². The van der Waals surface area contributed by atoms with E-state index in [-0.39, 0.29) is 18.7 Å². The van der Waals surface area contributed by atoms with Crippen molar-refractivity contribution in [3.63, 3.8) is 0 Å². The van der Waals surface area contributed by atoms with Gasteiger partial charge < -0.3 is 15.6 Å².